The maximum Gasteiger partial charge on any atom is 0.345 e. The fourth-order valence-electron chi connectivity index (χ4n) is 2.94. The van der Waals surface area contributed by atoms with Crippen molar-refractivity contribution < 1.29 is 14.1 Å². The average Bonchev–Trinajstić information content (AvgIpc) is 2.81. The average molecular weight is 407 g/mol. The van der Waals surface area contributed by atoms with Gasteiger partial charge in [-0.3, -0.25) is 4.84 Å². The van der Waals surface area contributed by atoms with Gasteiger partial charge in [-0.25, -0.2) is 9.80 Å². The van der Waals surface area contributed by atoms with Gasteiger partial charge in [-0.1, -0.05) is 33.4 Å². The molecule has 0 aromatic rings. The fraction of sp³-hybridized carbons (Fsp3) is 0.600. The van der Waals surface area contributed by atoms with Crippen LogP contribution in [0.25, 0.3) is 0 Å². The zero-order valence-electron chi connectivity index (χ0n) is 17.9. The fourth-order valence-corrected chi connectivity index (χ4v) is 3.99. The van der Waals surface area contributed by atoms with Crippen LogP contribution in [-0.4, -0.2) is 68.4 Å². The van der Waals surface area contributed by atoms with Crippen LogP contribution in [0.4, 0.5) is 4.79 Å². The molecular formula is C20H34N4O3Si. The Labute approximate surface area is 170 Å². The molecule has 0 radical (unpaired) electrons. The van der Waals surface area contributed by atoms with Crippen molar-refractivity contribution in [2.24, 2.45) is 5.10 Å². The molecule has 2 amide bonds. The monoisotopic (exact) mass is 406 g/mol. The van der Waals surface area contributed by atoms with E-state index in [0.29, 0.717) is 32.7 Å². The first kappa shape index (κ1) is 22.4. The molecule has 1 atom stereocenters. The van der Waals surface area contributed by atoms with Crippen LogP contribution >= 0.6 is 0 Å². The van der Waals surface area contributed by atoms with Crippen LogP contribution in [0, 0.1) is 0 Å². The minimum Gasteiger partial charge on any atom is -0.416 e. The maximum absolute atomic E-state index is 12.5. The van der Waals surface area contributed by atoms with Gasteiger partial charge >= 0.3 is 6.03 Å². The Kier molecular flexibility index (Phi) is 6.90. The largest absolute Gasteiger partial charge is 0.416 e. The minimum absolute atomic E-state index is 0.144. The first-order valence-electron chi connectivity index (χ1n) is 9.63. The molecule has 0 N–H and O–H groups in total. The van der Waals surface area contributed by atoms with Crippen molar-refractivity contribution in [2.75, 3.05) is 26.3 Å². The van der Waals surface area contributed by atoms with Crippen LogP contribution in [-0.2, 0) is 9.26 Å². The smallest absolute Gasteiger partial charge is 0.345 e. The zero-order chi connectivity index (χ0) is 21.1. The van der Waals surface area contributed by atoms with Crippen molar-refractivity contribution in [3.63, 3.8) is 0 Å². The number of carbonyl (C=O) groups is 1. The number of amides is 2. The van der Waals surface area contributed by atoms with E-state index in [2.05, 4.69) is 58.8 Å². The Bertz CT molecular complexity index is 669. The number of hydrogen-bond acceptors (Lipinski definition) is 5. The van der Waals surface area contributed by atoms with Crippen molar-refractivity contribution in [2.45, 2.75) is 51.4 Å². The highest BCUT2D eigenvalue weighted by atomic mass is 28.4. The van der Waals surface area contributed by atoms with Gasteiger partial charge in [0.2, 0.25) is 0 Å². The predicted molar refractivity (Wildman–Crippen MR) is 115 cm³/mol. The van der Waals surface area contributed by atoms with Crippen LogP contribution in [0.3, 0.4) is 0 Å². The maximum atomic E-state index is 12.5. The third-order valence-corrected chi connectivity index (χ3v) is 10.1. The summed E-state index contributed by atoms with van der Waals surface area (Å²) in [5, 5.41) is 7.43. The topological polar surface area (TPSA) is 57.6 Å². The quantitative estimate of drug-likeness (QED) is 0.239. The van der Waals surface area contributed by atoms with Crippen molar-refractivity contribution in [3.05, 3.63) is 36.7 Å². The van der Waals surface area contributed by atoms with E-state index in [1.54, 1.807) is 16.0 Å². The second-order valence-corrected chi connectivity index (χ2v) is 13.5. The Hall–Kier alpha value is -1.90. The number of urea groups is 1. The lowest BCUT2D eigenvalue weighted by Gasteiger charge is -2.36. The molecule has 2 heterocycles. The van der Waals surface area contributed by atoms with Crippen molar-refractivity contribution in [3.8, 4) is 0 Å². The molecule has 2 aliphatic rings. The number of fused-ring (bicyclic) bond motifs is 2. The molecule has 0 saturated carbocycles. The summed E-state index contributed by atoms with van der Waals surface area (Å²) < 4.78 is 6.25. The highest BCUT2D eigenvalue weighted by Gasteiger charge is 2.42. The zero-order valence-corrected chi connectivity index (χ0v) is 18.9. The third-order valence-electron chi connectivity index (χ3n) is 5.61. The van der Waals surface area contributed by atoms with Crippen molar-refractivity contribution in [1.82, 2.24) is 15.0 Å². The van der Waals surface area contributed by atoms with Crippen LogP contribution in [0.5, 0.6) is 0 Å². The van der Waals surface area contributed by atoms with E-state index in [9.17, 15) is 4.79 Å². The molecule has 1 saturated heterocycles. The van der Waals surface area contributed by atoms with E-state index in [1.165, 1.54) is 5.06 Å². The van der Waals surface area contributed by atoms with Gasteiger partial charge in [-0.05, 0) is 24.2 Å². The normalized spacial score (nSPS) is 19.5. The van der Waals surface area contributed by atoms with E-state index >= 15 is 0 Å². The van der Waals surface area contributed by atoms with Gasteiger partial charge < -0.3 is 9.33 Å². The molecule has 1 fully saturated rings. The molecule has 2 rings (SSSR count). The summed E-state index contributed by atoms with van der Waals surface area (Å²) in [6.07, 6.45) is 4.27. The number of hydrogen-bond donors (Lipinski definition) is 0. The van der Waals surface area contributed by atoms with Gasteiger partial charge in [0.15, 0.2) is 8.32 Å². The molecule has 2 aliphatic heterocycles. The molecule has 0 aromatic carbocycles. The van der Waals surface area contributed by atoms with E-state index in [1.807, 2.05) is 6.08 Å². The second-order valence-electron chi connectivity index (χ2n) is 8.68. The van der Waals surface area contributed by atoms with Crippen molar-refractivity contribution >= 4 is 21.1 Å². The van der Waals surface area contributed by atoms with Gasteiger partial charge in [-0.15, -0.1) is 6.58 Å². The van der Waals surface area contributed by atoms with Gasteiger partial charge in [0.25, 0.3) is 0 Å². The molecule has 1 unspecified atom stereocenters. The SMILES string of the molecule is C=CCON1C(=O)N2CC(N(N=C)C(=C)CCO[Si](C)(C)C(C)(C)C)=CC1C2. The summed E-state index contributed by atoms with van der Waals surface area (Å²) in [4.78, 5) is 19.7. The van der Waals surface area contributed by atoms with Gasteiger partial charge in [0.1, 0.15) is 0 Å². The summed E-state index contributed by atoms with van der Waals surface area (Å²) in [6.45, 7) is 24.6. The highest BCUT2D eigenvalue weighted by molar-refractivity contribution is 6.74. The Balaban J connectivity index is 2.01. The number of carbonyl (C=O) groups excluding carboxylic acids is 1. The summed E-state index contributed by atoms with van der Waals surface area (Å²) in [7, 11) is -1.80. The second kappa shape index (κ2) is 8.63. The van der Waals surface area contributed by atoms with Gasteiger partial charge in [-0.2, -0.15) is 10.2 Å². The first-order chi connectivity index (χ1) is 13.0. The molecule has 28 heavy (non-hydrogen) atoms. The molecule has 7 nitrogen and oxygen atoms in total. The van der Waals surface area contributed by atoms with Crippen LogP contribution in [0.2, 0.25) is 18.1 Å². The first-order valence-corrected chi connectivity index (χ1v) is 12.5. The van der Waals surface area contributed by atoms with E-state index < -0.39 is 8.32 Å². The van der Waals surface area contributed by atoms with Gasteiger partial charge in [0, 0.05) is 32.0 Å². The lowest BCUT2D eigenvalue weighted by Crippen LogP contribution is -2.41. The Morgan fingerprint density at radius 1 is 1.46 bits per heavy atom. The Morgan fingerprint density at radius 3 is 2.71 bits per heavy atom. The van der Waals surface area contributed by atoms with Gasteiger partial charge in [0.05, 0.1) is 24.9 Å². The lowest BCUT2D eigenvalue weighted by atomic mass is 10.1. The highest BCUT2D eigenvalue weighted by Crippen LogP contribution is 2.37. The minimum atomic E-state index is -1.80. The number of nitrogens with zero attached hydrogens (tertiary/aromatic N) is 4. The third kappa shape index (κ3) is 4.74. The number of rotatable bonds is 10. The summed E-state index contributed by atoms with van der Waals surface area (Å²) in [5.74, 6) is 0. The summed E-state index contributed by atoms with van der Waals surface area (Å²) >= 11 is 0. The summed E-state index contributed by atoms with van der Waals surface area (Å²) in [6, 6.07) is -0.300. The summed E-state index contributed by atoms with van der Waals surface area (Å²) in [5.41, 5.74) is 1.68. The van der Waals surface area contributed by atoms with E-state index in [0.717, 1.165) is 11.4 Å². The van der Waals surface area contributed by atoms with Crippen LogP contribution in [0.15, 0.2) is 41.8 Å². The Morgan fingerprint density at radius 2 is 2.14 bits per heavy atom. The number of hydroxylamine groups is 2. The molecule has 0 aliphatic carbocycles. The standard InChI is InChI=1S/C20H34N4O3Si/c1-9-11-26-24-18-13-17(14-22(15-18)19(24)25)23(21-6)16(2)10-12-27-28(7,8)20(3,4)5/h9,13,18H,1-2,6,10-12,14-15H2,3-5,7-8H3. The lowest BCUT2D eigenvalue weighted by molar-refractivity contribution is -0.107. The molecule has 0 spiro atoms. The van der Waals surface area contributed by atoms with E-state index in [4.69, 9.17) is 9.26 Å². The molecule has 8 heteroatoms. The van der Waals surface area contributed by atoms with Crippen LogP contribution in [0.1, 0.15) is 27.2 Å². The van der Waals surface area contributed by atoms with E-state index in [-0.39, 0.29) is 17.1 Å². The predicted octanol–water partition coefficient (Wildman–Crippen LogP) is 3.95. The molecule has 2 bridgehead atoms. The van der Waals surface area contributed by atoms with Crippen molar-refractivity contribution in [1.29, 1.82) is 0 Å². The van der Waals surface area contributed by atoms with Crippen LogP contribution < -0.4 is 0 Å². The molecular weight excluding hydrogens is 372 g/mol. The molecule has 0 aromatic heterocycles. The number of hydrazone groups is 1. The molecule has 156 valence electrons.